The molecule has 0 unspecified atom stereocenters. The van der Waals surface area contributed by atoms with Crippen LogP contribution in [0.1, 0.15) is 42.1 Å². The van der Waals surface area contributed by atoms with Gasteiger partial charge in [0.1, 0.15) is 6.29 Å². The Morgan fingerprint density at radius 2 is 2.06 bits per heavy atom. The van der Waals surface area contributed by atoms with Crippen LogP contribution < -0.4 is 4.90 Å². The minimum Gasteiger partial charge on any atom is -0.374 e. The van der Waals surface area contributed by atoms with Crippen LogP contribution in [0.2, 0.25) is 0 Å². The molecule has 16 heavy (non-hydrogen) atoms. The molecule has 0 fully saturated rings. The average molecular weight is 219 g/mol. The van der Waals surface area contributed by atoms with Crippen molar-refractivity contribution in [3.63, 3.8) is 0 Å². The molecule has 0 N–H and O–H groups in total. The summed E-state index contributed by atoms with van der Waals surface area (Å²) in [6.07, 6.45) is 4.64. The van der Waals surface area contributed by atoms with E-state index in [4.69, 9.17) is 0 Å². The van der Waals surface area contributed by atoms with E-state index >= 15 is 0 Å². The number of nitrogens with zero attached hydrogens (tertiary/aromatic N) is 1. The van der Waals surface area contributed by atoms with Crippen LogP contribution in [0, 0.1) is 6.92 Å². The molecule has 0 radical (unpaired) electrons. The first-order chi connectivity index (χ1) is 7.69. The maximum absolute atomic E-state index is 10.6. The molecule has 2 heteroatoms. The van der Waals surface area contributed by atoms with Gasteiger partial charge in [0.05, 0.1) is 0 Å². The van der Waals surface area contributed by atoms with Crippen molar-refractivity contribution in [3.05, 3.63) is 29.3 Å². The highest BCUT2D eigenvalue weighted by Crippen LogP contribution is 2.20. The topological polar surface area (TPSA) is 20.3 Å². The predicted molar refractivity (Wildman–Crippen MR) is 69.4 cm³/mol. The molecule has 0 atom stereocenters. The number of unbranched alkanes of at least 4 members (excludes halogenated alkanes) is 2. The highest BCUT2D eigenvalue weighted by atomic mass is 16.1. The lowest BCUT2D eigenvalue weighted by Gasteiger charge is -2.21. The van der Waals surface area contributed by atoms with Crippen LogP contribution in [-0.4, -0.2) is 19.9 Å². The Bertz CT molecular complexity index is 347. The first-order valence-electron chi connectivity index (χ1n) is 5.96. The van der Waals surface area contributed by atoms with E-state index < -0.39 is 0 Å². The maximum atomic E-state index is 10.6. The minimum atomic E-state index is 0.753. The van der Waals surface area contributed by atoms with Crippen molar-refractivity contribution in [2.75, 3.05) is 18.5 Å². The third kappa shape index (κ3) is 3.37. The largest absolute Gasteiger partial charge is 0.374 e. The Hall–Kier alpha value is -1.31. The van der Waals surface area contributed by atoms with Gasteiger partial charge in [0, 0.05) is 24.8 Å². The molecule has 0 aliphatic heterocycles. The van der Waals surface area contributed by atoms with E-state index in [0.717, 1.165) is 18.4 Å². The van der Waals surface area contributed by atoms with E-state index in [9.17, 15) is 4.79 Å². The molecule has 1 aromatic carbocycles. The SMILES string of the molecule is CCCCCN(C)c1ccc(C=O)cc1C. The fraction of sp³-hybridized carbons (Fsp3) is 0.500. The highest BCUT2D eigenvalue weighted by molar-refractivity contribution is 5.76. The highest BCUT2D eigenvalue weighted by Gasteiger charge is 2.04. The van der Waals surface area contributed by atoms with Gasteiger partial charge in [-0.2, -0.15) is 0 Å². The van der Waals surface area contributed by atoms with Crippen LogP contribution >= 0.6 is 0 Å². The fourth-order valence-electron chi connectivity index (χ4n) is 1.90. The summed E-state index contributed by atoms with van der Waals surface area (Å²) < 4.78 is 0. The molecule has 0 aliphatic carbocycles. The summed E-state index contributed by atoms with van der Waals surface area (Å²) >= 11 is 0. The molecule has 0 spiro atoms. The lowest BCUT2D eigenvalue weighted by molar-refractivity contribution is 0.112. The summed E-state index contributed by atoms with van der Waals surface area (Å²) in [4.78, 5) is 12.9. The van der Waals surface area contributed by atoms with Crippen LogP contribution in [-0.2, 0) is 0 Å². The Balaban J connectivity index is 2.68. The van der Waals surface area contributed by atoms with Crippen molar-refractivity contribution in [1.29, 1.82) is 0 Å². The molecule has 0 saturated heterocycles. The van der Waals surface area contributed by atoms with Crippen molar-refractivity contribution in [1.82, 2.24) is 0 Å². The van der Waals surface area contributed by atoms with E-state index in [0.29, 0.717) is 0 Å². The second-order valence-corrected chi connectivity index (χ2v) is 4.29. The summed E-state index contributed by atoms with van der Waals surface area (Å²) in [5, 5.41) is 0. The summed E-state index contributed by atoms with van der Waals surface area (Å²) in [6, 6.07) is 5.86. The molecule has 88 valence electrons. The molecular formula is C14H21NO. The van der Waals surface area contributed by atoms with Gasteiger partial charge in [-0.05, 0) is 37.1 Å². The maximum Gasteiger partial charge on any atom is 0.150 e. The molecule has 0 heterocycles. The Kier molecular flexibility index (Phi) is 5.03. The Labute approximate surface area is 98.3 Å². The number of hydrogen-bond acceptors (Lipinski definition) is 2. The summed E-state index contributed by atoms with van der Waals surface area (Å²) in [7, 11) is 2.11. The average Bonchev–Trinajstić information content (AvgIpc) is 2.29. The number of hydrogen-bond donors (Lipinski definition) is 0. The van der Waals surface area contributed by atoms with E-state index in [1.807, 2.05) is 18.2 Å². The summed E-state index contributed by atoms with van der Waals surface area (Å²) in [5.41, 5.74) is 3.15. The molecule has 0 bridgehead atoms. The van der Waals surface area contributed by atoms with Crippen LogP contribution in [0.15, 0.2) is 18.2 Å². The molecule has 2 nitrogen and oxygen atoms in total. The zero-order chi connectivity index (χ0) is 12.0. The van der Waals surface area contributed by atoms with Crippen LogP contribution in [0.4, 0.5) is 5.69 Å². The smallest absolute Gasteiger partial charge is 0.150 e. The number of anilines is 1. The molecule has 1 rings (SSSR count). The Morgan fingerprint density at radius 3 is 2.62 bits per heavy atom. The molecule has 0 aromatic heterocycles. The number of benzene rings is 1. The third-order valence-corrected chi connectivity index (χ3v) is 2.87. The molecular weight excluding hydrogens is 198 g/mol. The van der Waals surface area contributed by atoms with Gasteiger partial charge in [-0.3, -0.25) is 4.79 Å². The number of carbonyl (C=O) groups excluding carboxylic acids is 1. The van der Waals surface area contributed by atoms with Gasteiger partial charge in [-0.1, -0.05) is 19.8 Å². The van der Waals surface area contributed by atoms with Gasteiger partial charge in [-0.25, -0.2) is 0 Å². The second-order valence-electron chi connectivity index (χ2n) is 4.29. The van der Waals surface area contributed by atoms with Gasteiger partial charge in [0.25, 0.3) is 0 Å². The molecule has 0 aliphatic rings. The number of rotatable bonds is 6. The Morgan fingerprint density at radius 1 is 1.31 bits per heavy atom. The van der Waals surface area contributed by atoms with Crippen molar-refractivity contribution in [2.24, 2.45) is 0 Å². The zero-order valence-corrected chi connectivity index (χ0v) is 10.5. The zero-order valence-electron chi connectivity index (χ0n) is 10.5. The van der Waals surface area contributed by atoms with Gasteiger partial charge in [-0.15, -0.1) is 0 Å². The first kappa shape index (κ1) is 12.8. The van der Waals surface area contributed by atoms with Gasteiger partial charge in [0.2, 0.25) is 0 Å². The number of carbonyl (C=O) groups is 1. The molecule has 0 amide bonds. The normalized spacial score (nSPS) is 10.2. The second kappa shape index (κ2) is 6.31. The van der Waals surface area contributed by atoms with Gasteiger partial charge < -0.3 is 4.90 Å². The quantitative estimate of drug-likeness (QED) is 0.539. The third-order valence-electron chi connectivity index (χ3n) is 2.87. The fourth-order valence-corrected chi connectivity index (χ4v) is 1.90. The molecule has 1 aromatic rings. The van der Waals surface area contributed by atoms with E-state index in [-0.39, 0.29) is 0 Å². The van der Waals surface area contributed by atoms with E-state index in [1.165, 1.54) is 30.5 Å². The predicted octanol–water partition coefficient (Wildman–Crippen LogP) is 3.43. The summed E-state index contributed by atoms with van der Waals surface area (Å²) in [5.74, 6) is 0. The number of aldehydes is 1. The number of aryl methyl sites for hydroxylation is 1. The monoisotopic (exact) mass is 219 g/mol. The van der Waals surface area contributed by atoms with Crippen LogP contribution in [0.5, 0.6) is 0 Å². The lowest BCUT2D eigenvalue weighted by Crippen LogP contribution is -2.19. The molecule has 0 saturated carbocycles. The van der Waals surface area contributed by atoms with Crippen LogP contribution in [0.3, 0.4) is 0 Å². The lowest BCUT2D eigenvalue weighted by atomic mass is 10.1. The standard InChI is InChI=1S/C14H21NO/c1-4-5-6-9-15(3)14-8-7-13(11-16)10-12(14)2/h7-8,10-11H,4-6,9H2,1-3H3. The van der Waals surface area contributed by atoms with Crippen LogP contribution in [0.25, 0.3) is 0 Å². The van der Waals surface area contributed by atoms with E-state index in [1.54, 1.807) is 0 Å². The van der Waals surface area contributed by atoms with Crippen molar-refractivity contribution >= 4 is 12.0 Å². The van der Waals surface area contributed by atoms with E-state index in [2.05, 4.69) is 25.8 Å². The van der Waals surface area contributed by atoms with Gasteiger partial charge >= 0.3 is 0 Å². The summed E-state index contributed by atoms with van der Waals surface area (Å²) in [6.45, 7) is 5.35. The first-order valence-corrected chi connectivity index (χ1v) is 5.96. The van der Waals surface area contributed by atoms with Crippen molar-refractivity contribution in [2.45, 2.75) is 33.1 Å². The van der Waals surface area contributed by atoms with Crippen molar-refractivity contribution < 1.29 is 4.79 Å². The van der Waals surface area contributed by atoms with Gasteiger partial charge in [0.15, 0.2) is 0 Å². The van der Waals surface area contributed by atoms with Crippen molar-refractivity contribution in [3.8, 4) is 0 Å². The minimum absolute atomic E-state index is 0.753.